The van der Waals surface area contributed by atoms with E-state index in [2.05, 4.69) is 27.3 Å². The summed E-state index contributed by atoms with van der Waals surface area (Å²) in [4.78, 5) is 14.6. The molecule has 2 N–H and O–H groups in total. The number of H-pyrrole nitrogens is 1. The zero-order chi connectivity index (χ0) is 16.1. The van der Waals surface area contributed by atoms with Crippen LogP contribution < -0.4 is 5.32 Å². The minimum Gasteiger partial charge on any atom is -0.379 e. The van der Waals surface area contributed by atoms with E-state index in [0.717, 1.165) is 37.6 Å². The zero-order valence-corrected chi connectivity index (χ0v) is 13.3. The lowest BCUT2D eigenvalue weighted by Crippen LogP contribution is -2.47. The number of aromatic amines is 1. The number of aromatic nitrogens is 2. The number of hydrogen-bond donors (Lipinski definition) is 2. The number of benzene rings is 1. The zero-order valence-electron chi connectivity index (χ0n) is 13.3. The van der Waals surface area contributed by atoms with Crippen molar-refractivity contribution < 1.29 is 9.53 Å². The molecule has 1 saturated heterocycles. The van der Waals surface area contributed by atoms with Gasteiger partial charge in [-0.25, -0.2) is 0 Å². The number of hydrogen-bond acceptors (Lipinski definition) is 4. The second-order valence-electron chi connectivity index (χ2n) is 5.74. The molecule has 0 spiro atoms. The van der Waals surface area contributed by atoms with Crippen LogP contribution in [0.4, 0.5) is 0 Å². The summed E-state index contributed by atoms with van der Waals surface area (Å²) in [6.45, 7) is 6.09. The summed E-state index contributed by atoms with van der Waals surface area (Å²) in [6, 6.07) is 11.9. The van der Waals surface area contributed by atoms with Gasteiger partial charge in [0, 0.05) is 31.2 Å². The average Bonchev–Trinajstić information content (AvgIpc) is 3.11. The van der Waals surface area contributed by atoms with Crippen molar-refractivity contribution in [1.82, 2.24) is 20.4 Å². The summed E-state index contributed by atoms with van der Waals surface area (Å²) >= 11 is 0. The first-order valence-electron chi connectivity index (χ1n) is 7.95. The predicted molar refractivity (Wildman–Crippen MR) is 88.2 cm³/mol. The van der Waals surface area contributed by atoms with Crippen LogP contribution in [0.15, 0.2) is 36.4 Å². The summed E-state index contributed by atoms with van der Waals surface area (Å²) in [5.41, 5.74) is 2.25. The Kier molecular flexibility index (Phi) is 5.05. The fraction of sp³-hybridized carbons (Fsp3) is 0.412. The molecule has 3 rings (SSSR count). The predicted octanol–water partition coefficient (Wildman–Crippen LogP) is 1.53. The Hall–Kier alpha value is -2.18. The van der Waals surface area contributed by atoms with E-state index in [1.807, 2.05) is 30.3 Å². The topological polar surface area (TPSA) is 70.2 Å². The quantitative estimate of drug-likeness (QED) is 0.878. The number of amides is 1. The third kappa shape index (κ3) is 3.97. The molecule has 0 radical (unpaired) electrons. The molecule has 1 atom stereocenters. The van der Waals surface area contributed by atoms with Crippen molar-refractivity contribution in [2.45, 2.75) is 13.0 Å². The molecular weight excluding hydrogens is 292 g/mol. The molecule has 2 heterocycles. The van der Waals surface area contributed by atoms with Crippen molar-refractivity contribution in [1.29, 1.82) is 0 Å². The molecule has 23 heavy (non-hydrogen) atoms. The van der Waals surface area contributed by atoms with E-state index in [4.69, 9.17) is 4.74 Å². The Morgan fingerprint density at radius 3 is 2.83 bits per heavy atom. The highest BCUT2D eigenvalue weighted by Gasteiger charge is 2.18. The van der Waals surface area contributed by atoms with Crippen molar-refractivity contribution in [3.8, 4) is 11.3 Å². The first-order chi connectivity index (χ1) is 11.2. The Balaban J connectivity index is 1.55. The smallest absolute Gasteiger partial charge is 0.269 e. The summed E-state index contributed by atoms with van der Waals surface area (Å²) in [7, 11) is 0. The molecule has 2 aromatic rings. The molecule has 1 fully saturated rings. The van der Waals surface area contributed by atoms with Gasteiger partial charge in [0.05, 0.1) is 18.9 Å². The highest BCUT2D eigenvalue weighted by atomic mass is 16.5. The lowest BCUT2D eigenvalue weighted by atomic mass is 10.1. The minimum atomic E-state index is -0.125. The molecule has 6 nitrogen and oxygen atoms in total. The summed E-state index contributed by atoms with van der Waals surface area (Å²) < 4.78 is 5.35. The van der Waals surface area contributed by atoms with Crippen LogP contribution in [0.1, 0.15) is 17.4 Å². The van der Waals surface area contributed by atoms with Gasteiger partial charge in [-0.2, -0.15) is 5.10 Å². The van der Waals surface area contributed by atoms with Gasteiger partial charge in [-0.15, -0.1) is 0 Å². The van der Waals surface area contributed by atoms with Crippen LogP contribution in [0.5, 0.6) is 0 Å². The van der Waals surface area contributed by atoms with Crippen molar-refractivity contribution in [3.63, 3.8) is 0 Å². The van der Waals surface area contributed by atoms with E-state index in [1.54, 1.807) is 6.07 Å². The first kappa shape index (κ1) is 15.7. The Morgan fingerprint density at radius 2 is 2.09 bits per heavy atom. The Morgan fingerprint density at radius 1 is 1.35 bits per heavy atom. The molecule has 1 aromatic heterocycles. The summed E-state index contributed by atoms with van der Waals surface area (Å²) in [5, 5.41) is 9.99. The average molecular weight is 314 g/mol. The van der Waals surface area contributed by atoms with Gasteiger partial charge in [0.2, 0.25) is 0 Å². The Bertz CT molecular complexity index is 635. The van der Waals surface area contributed by atoms with E-state index < -0.39 is 0 Å². The van der Waals surface area contributed by atoms with Gasteiger partial charge in [0.25, 0.3) is 5.91 Å². The van der Waals surface area contributed by atoms with Crippen LogP contribution in [-0.4, -0.2) is 59.9 Å². The van der Waals surface area contributed by atoms with E-state index in [1.165, 1.54) is 0 Å². The fourth-order valence-electron chi connectivity index (χ4n) is 2.68. The largest absolute Gasteiger partial charge is 0.379 e. The van der Waals surface area contributed by atoms with Crippen molar-refractivity contribution in [2.75, 3.05) is 32.8 Å². The van der Waals surface area contributed by atoms with Gasteiger partial charge in [-0.1, -0.05) is 30.3 Å². The molecule has 1 aromatic carbocycles. The SMILES string of the molecule is CC(CNC(=O)c1cc(-c2ccccc2)n[nH]1)N1CCOCC1. The third-order valence-corrected chi connectivity index (χ3v) is 4.12. The number of ether oxygens (including phenoxy) is 1. The lowest BCUT2D eigenvalue weighted by Gasteiger charge is -2.32. The van der Waals surface area contributed by atoms with E-state index in [9.17, 15) is 4.79 Å². The number of carbonyl (C=O) groups is 1. The molecule has 1 aliphatic rings. The Labute approximate surface area is 135 Å². The van der Waals surface area contributed by atoms with Crippen LogP contribution >= 0.6 is 0 Å². The molecular formula is C17H22N4O2. The highest BCUT2D eigenvalue weighted by Crippen LogP contribution is 2.16. The third-order valence-electron chi connectivity index (χ3n) is 4.12. The molecule has 1 aliphatic heterocycles. The van der Waals surface area contributed by atoms with E-state index >= 15 is 0 Å². The standard InChI is InChI=1S/C17H22N4O2/c1-13(21-7-9-23-10-8-21)12-18-17(22)16-11-15(19-20-16)14-5-3-2-4-6-14/h2-6,11,13H,7-10,12H2,1H3,(H,18,22)(H,19,20). The number of nitrogens with zero attached hydrogens (tertiary/aromatic N) is 2. The second-order valence-corrected chi connectivity index (χ2v) is 5.74. The minimum absolute atomic E-state index is 0.125. The normalized spacial score (nSPS) is 16.9. The number of rotatable bonds is 5. The molecule has 1 amide bonds. The van der Waals surface area contributed by atoms with Crippen LogP contribution in [0, 0.1) is 0 Å². The molecule has 0 bridgehead atoms. The lowest BCUT2D eigenvalue weighted by molar-refractivity contribution is 0.0204. The van der Waals surface area contributed by atoms with Crippen molar-refractivity contribution >= 4 is 5.91 Å². The van der Waals surface area contributed by atoms with Gasteiger partial charge in [0.15, 0.2) is 0 Å². The van der Waals surface area contributed by atoms with Crippen molar-refractivity contribution in [3.05, 3.63) is 42.1 Å². The molecule has 1 unspecified atom stereocenters. The number of nitrogens with one attached hydrogen (secondary N) is 2. The van der Waals surface area contributed by atoms with Crippen molar-refractivity contribution in [2.24, 2.45) is 0 Å². The molecule has 0 aliphatic carbocycles. The highest BCUT2D eigenvalue weighted by molar-refractivity contribution is 5.93. The van der Waals surface area contributed by atoms with E-state index in [0.29, 0.717) is 18.3 Å². The van der Waals surface area contributed by atoms with Gasteiger partial charge in [0.1, 0.15) is 5.69 Å². The summed E-state index contributed by atoms with van der Waals surface area (Å²) in [6.07, 6.45) is 0. The molecule has 122 valence electrons. The van der Waals surface area contributed by atoms with Gasteiger partial charge in [-0.3, -0.25) is 14.8 Å². The number of morpholine rings is 1. The maximum atomic E-state index is 12.3. The van der Waals surface area contributed by atoms with Gasteiger partial charge < -0.3 is 10.1 Å². The van der Waals surface area contributed by atoms with Crippen LogP contribution in [-0.2, 0) is 4.74 Å². The molecule has 6 heteroatoms. The fourth-order valence-corrected chi connectivity index (χ4v) is 2.68. The molecule has 0 saturated carbocycles. The van der Waals surface area contributed by atoms with Crippen LogP contribution in [0.25, 0.3) is 11.3 Å². The second kappa shape index (κ2) is 7.39. The maximum Gasteiger partial charge on any atom is 0.269 e. The van der Waals surface area contributed by atoms with Crippen LogP contribution in [0.2, 0.25) is 0 Å². The monoisotopic (exact) mass is 314 g/mol. The summed E-state index contributed by atoms with van der Waals surface area (Å²) in [5.74, 6) is -0.125. The number of carbonyl (C=O) groups excluding carboxylic acids is 1. The van der Waals surface area contributed by atoms with E-state index in [-0.39, 0.29) is 5.91 Å². The van der Waals surface area contributed by atoms with Gasteiger partial charge in [-0.05, 0) is 13.0 Å². The van der Waals surface area contributed by atoms with Gasteiger partial charge >= 0.3 is 0 Å². The van der Waals surface area contributed by atoms with Crippen LogP contribution in [0.3, 0.4) is 0 Å². The maximum absolute atomic E-state index is 12.3. The first-order valence-corrected chi connectivity index (χ1v) is 7.95.